The number of likely N-dealkylation sites (tertiary alicyclic amines) is 1. The number of rotatable bonds is 9. The largest absolute Gasteiger partial charge is 0.473 e. The van der Waals surface area contributed by atoms with Gasteiger partial charge in [-0.2, -0.15) is 17.5 Å². The predicted molar refractivity (Wildman–Crippen MR) is 126 cm³/mol. The number of amides is 1. The van der Waals surface area contributed by atoms with E-state index < -0.39 is 37.2 Å². The number of pyridine rings is 1. The second-order valence-corrected chi connectivity index (χ2v) is 8.98. The molecular weight excluding hydrogens is 521 g/mol. The third kappa shape index (κ3) is 6.46. The van der Waals surface area contributed by atoms with Gasteiger partial charge in [0.05, 0.1) is 41.6 Å². The number of nitrogens with zero attached hydrogens (tertiary/aromatic N) is 5. The van der Waals surface area contributed by atoms with Crippen molar-refractivity contribution in [3.8, 4) is 5.88 Å². The van der Waals surface area contributed by atoms with E-state index in [1.165, 1.54) is 6.20 Å². The Bertz CT molecular complexity index is 1200. The van der Waals surface area contributed by atoms with Crippen molar-refractivity contribution in [1.82, 2.24) is 24.2 Å². The molecule has 1 unspecified atom stereocenters. The molecule has 1 aliphatic heterocycles. The Balaban J connectivity index is 1.37. The second-order valence-electron chi connectivity index (χ2n) is 8.21. The Labute approximate surface area is 212 Å². The molecule has 1 aliphatic rings. The molecule has 1 saturated heterocycles. The Kier molecular flexibility index (Phi) is 8.12. The minimum atomic E-state index is -4.61. The minimum absolute atomic E-state index is 0.0173. The number of aryl methyl sites for hydroxylation is 1. The highest BCUT2D eigenvalue weighted by atomic mass is 32.1. The number of aromatic nitrogens is 4. The molecule has 198 valence electrons. The number of hydrogen-bond acceptors (Lipinski definition) is 9. The van der Waals surface area contributed by atoms with E-state index in [-0.39, 0.29) is 22.5 Å². The molecule has 1 atom stereocenters. The fourth-order valence-corrected chi connectivity index (χ4v) is 4.49. The Morgan fingerprint density at radius 3 is 2.59 bits per heavy atom. The fraction of sp³-hybridized carbons (Fsp3) is 0.409. The van der Waals surface area contributed by atoms with Crippen LogP contribution >= 0.6 is 11.5 Å². The normalized spacial score (nSPS) is 16.2. The van der Waals surface area contributed by atoms with E-state index in [0.717, 1.165) is 17.7 Å². The lowest BCUT2D eigenvalue weighted by Crippen LogP contribution is -2.38. The Morgan fingerprint density at radius 2 is 1.97 bits per heavy atom. The lowest BCUT2D eigenvalue weighted by Gasteiger charge is -2.22. The average molecular weight is 544 g/mol. The third-order valence-corrected chi connectivity index (χ3v) is 6.46. The van der Waals surface area contributed by atoms with Crippen molar-refractivity contribution in [1.29, 1.82) is 0 Å². The van der Waals surface area contributed by atoms with E-state index in [2.05, 4.69) is 30.0 Å². The van der Waals surface area contributed by atoms with Gasteiger partial charge in [-0.25, -0.2) is 23.7 Å². The molecule has 9 nitrogen and oxygen atoms in total. The average Bonchev–Trinajstić information content (AvgIpc) is 3.47. The lowest BCUT2D eigenvalue weighted by molar-refractivity contribution is -0.141. The summed E-state index contributed by atoms with van der Waals surface area (Å²) in [5.41, 5.74) is -0.173. The van der Waals surface area contributed by atoms with Crippen LogP contribution in [0.2, 0.25) is 0 Å². The van der Waals surface area contributed by atoms with E-state index in [4.69, 9.17) is 4.74 Å². The summed E-state index contributed by atoms with van der Waals surface area (Å²) in [6, 6.07) is 2.39. The van der Waals surface area contributed by atoms with Gasteiger partial charge in [0, 0.05) is 19.2 Å². The molecule has 4 rings (SSSR count). The van der Waals surface area contributed by atoms with Crippen LogP contribution in [0.4, 0.5) is 38.5 Å². The van der Waals surface area contributed by atoms with Gasteiger partial charge in [-0.3, -0.25) is 9.69 Å². The summed E-state index contributed by atoms with van der Waals surface area (Å²) in [6.07, 6.45) is -1.35. The molecule has 2 N–H and O–H groups in total. The first-order chi connectivity index (χ1) is 17.7. The fourth-order valence-electron chi connectivity index (χ4n) is 3.68. The standard InChI is InChI=1S/C22H22F5N7O2S/c1-12-19(21(37-33-12)32-17-10-28-16(9-29-17)22(25,26)27)20(35)31-13-2-3-18(30-8-13)36-15-4-5-34(11-15)14(6-23)7-24/h2-3,8-10,14-15H,4-7,11H2,1H3,(H,29,32)(H,31,35). The third-order valence-electron chi connectivity index (χ3n) is 5.60. The van der Waals surface area contributed by atoms with Crippen molar-refractivity contribution in [2.24, 2.45) is 0 Å². The monoisotopic (exact) mass is 543 g/mol. The number of halogens is 5. The number of carbonyl (C=O) groups is 1. The van der Waals surface area contributed by atoms with Crippen LogP contribution in [0.25, 0.3) is 0 Å². The van der Waals surface area contributed by atoms with Gasteiger partial charge in [-0.1, -0.05) is 0 Å². The summed E-state index contributed by atoms with van der Waals surface area (Å²) >= 11 is 0.947. The van der Waals surface area contributed by atoms with Crippen molar-refractivity contribution >= 4 is 33.9 Å². The molecule has 0 bridgehead atoms. The summed E-state index contributed by atoms with van der Waals surface area (Å²) < 4.78 is 73.9. The molecule has 0 spiro atoms. The van der Waals surface area contributed by atoms with Crippen molar-refractivity contribution < 1.29 is 31.5 Å². The smallest absolute Gasteiger partial charge is 0.434 e. The maximum Gasteiger partial charge on any atom is 0.434 e. The van der Waals surface area contributed by atoms with Crippen molar-refractivity contribution in [3.63, 3.8) is 0 Å². The number of anilines is 3. The van der Waals surface area contributed by atoms with E-state index in [1.807, 2.05) is 0 Å². The predicted octanol–water partition coefficient (Wildman–Crippen LogP) is 4.41. The van der Waals surface area contributed by atoms with Gasteiger partial charge in [0.1, 0.15) is 30.3 Å². The van der Waals surface area contributed by atoms with Crippen LogP contribution in [0.5, 0.6) is 5.88 Å². The van der Waals surface area contributed by atoms with Crippen LogP contribution in [0.1, 0.15) is 28.2 Å². The van der Waals surface area contributed by atoms with Crippen molar-refractivity contribution in [2.45, 2.75) is 31.7 Å². The minimum Gasteiger partial charge on any atom is -0.473 e. The zero-order valence-corrected chi connectivity index (χ0v) is 20.2. The van der Waals surface area contributed by atoms with Crippen LogP contribution in [0.15, 0.2) is 30.7 Å². The number of carbonyl (C=O) groups excluding carboxylic acids is 1. The quantitative estimate of drug-likeness (QED) is 0.383. The maximum absolute atomic E-state index is 12.9. The molecule has 37 heavy (non-hydrogen) atoms. The molecular formula is C22H22F5N7O2S. The summed E-state index contributed by atoms with van der Waals surface area (Å²) in [6.45, 7) is 1.02. The molecule has 15 heteroatoms. The molecule has 3 aromatic rings. The van der Waals surface area contributed by atoms with E-state index in [1.54, 1.807) is 24.0 Å². The topological polar surface area (TPSA) is 105 Å². The summed E-state index contributed by atoms with van der Waals surface area (Å²) in [7, 11) is 0. The van der Waals surface area contributed by atoms with Crippen molar-refractivity contribution in [2.75, 3.05) is 37.1 Å². The van der Waals surface area contributed by atoms with E-state index in [0.29, 0.717) is 43.0 Å². The number of hydrogen-bond donors (Lipinski definition) is 2. The van der Waals surface area contributed by atoms with Gasteiger partial charge >= 0.3 is 6.18 Å². The number of alkyl halides is 5. The van der Waals surface area contributed by atoms with Gasteiger partial charge in [0.25, 0.3) is 5.91 Å². The highest BCUT2D eigenvalue weighted by Crippen LogP contribution is 2.30. The maximum atomic E-state index is 12.9. The molecule has 1 amide bonds. The molecule has 4 heterocycles. The summed E-state index contributed by atoms with van der Waals surface area (Å²) in [5.74, 6) is -0.193. The highest BCUT2D eigenvalue weighted by Gasteiger charge is 2.33. The van der Waals surface area contributed by atoms with Crippen LogP contribution in [0, 0.1) is 6.92 Å². The zero-order chi connectivity index (χ0) is 26.6. The van der Waals surface area contributed by atoms with Gasteiger partial charge < -0.3 is 15.4 Å². The van der Waals surface area contributed by atoms with Crippen molar-refractivity contribution in [3.05, 3.63) is 47.7 Å². The van der Waals surface area contributed by atoms with Crippen LogP contribution in [0.3, 0.4) is 0 Å². The molecule has 1 fully saturated rings. The first kappa shape index (κ1) is 26.6. The van der Waals surface area contributed by atoms with Crippen LogP contribution in [-0.4, -0.2) is 68.7 Å². The number of ether oxygens (including phenoxy) is 1. The summed E-state index contributed by atoms with van der Waals surface area (Å²) in [4.78, 5) is 25.8. The Hall–Kier alpha value is -3.46. The molecule has 0 radical (unpaired) electrons. The van der Waals surface area contributed by atoms with E-state index in [9.17, 15) is 26.7 Å². The SMILES string of the molecule is Cc1nsc(Nc2cnc(C(F)(F)F)cn2)c1C(=O)Nc1ccc(OC2CCN(C(CF)CF)C2)nc1. The summed E-state index contributed by atoms with van der Waals surface area (Å²) in [5, 5.41) is 5.75. The first-order valence-corrected chi connectivity index (χ1v) is 11.9. The molecule has 3 aromatic heterocycles. The Morgan fingerprint density at radius 1 is 1.19 bits per heavy atom. The van der Waals surface area contributed by atoms with Gasteiger partial charge in [-0.15, -0.1) is 0 Å². The van der Waals surface area contributed by atoms with E-state index >= 15 is 0 Å². The highest BCUT2D eigenvalue weighted by molar-refractivity contribution is 7.10. The molecule has 0 aromatic carbocycles. The molecule has 0 aliphatic carbocycles. The second kappa shape index (κ2) is 11.3. The van der Waals surface area contributed by atoms with Gasteiger partial charge in [0.15, 0.2) is 5.69 Å². The molecule has 0 saturated carbocycles. The van der Waals surface area contributed by atoms with Gasteiger partial charge in [0.2, 0.25) is 5.88 Å². The zero-order valence-electron chi connectivity index (χ0n) is 19.4. The first-order valence-electron chi connectivity index (χ1n) is 11.1. The van der Waals surface area contributed by atoms with Gasteiger partial charge in [-0.05, 0) is 30.9 Å². The number of nitrogens with one attached hydrogen (secondary N) is 2. The van der Waals surface area contributed by atoms with Crippen LogP contribution in [-0.2, 0) is 6.18 Å². The lowest BCUT2D eigenvalue weighted by atomic mass is 10.2. The van der Waals surface area contributed by atoms with Crippen LogP contribution < -0.4 is 15.4 Å².